The van der Waals surface area contributed by atoms with Gasteiger partial charge < -0.3 is 9.13 Å². The Morgan fingerprint density at radius 3 is 1.38 bits per heavy atom. The normalized spacial score (nSPS) is 11.9. The van der Waals surface area contributed by atoms with Gasteiger partial charge in [0.25, 0.3) is 0 Å². The molecule has 6 heteroatoms. The van der Waals surface area contributed by atoms with Gasteiger partial charge in [0.1, 0.15) is 0 Å². The molecule has 48 heavy (non-hydrogen) atoms. The van der Waals surface area contributed by atoms with Crippen molar-refractivity contribution < 1.29 is 9.59 Å². The Kier molecular flexibility index (Phi) is 9.39. The Morgan fingerprint density at radius 2 is 1.02 bits per heavy atom. The van der Waals surface area contributed by atoms with Gasteiger partial charge in [-0.25, -0.2) is 0 Å². The van der Waals surface area contributed by atoms with Crippen molar-refractivity contribution in [2.75, 3.05) is 0 Å². The number of carbonyl (C=O) groups excluding carboxylic acids is 2. The Hall–Kier alpha value is -4.00. The first-order valence-electron chi connectivity index (χ1n) is 17.6. The number of hydrogen-bond donors (Lipinski definition) is 0. The van der Waals surface area contributed by atoms with Crippen molar-refractivity contribution in [1.29, 1.82) is 0 Å². The number of rotatable bonds is 14. The standard InChI is InChI=1S/C42H44N2O2S2/c1-5-7-9-11-21-43-33-19-17-29(27(3)45)25-31(33)37-40(36-16-14-24-48-36)42-38(39(41(37)43)35-15-13-23-47-35)32-26-30(28(4)46)18-20-34(32)44(42)22-12-10-8-6-2/h13-20,23-26H,5-12,21-22H2,1-4H3. The maximum atomic E-state index is 12.9. The van der Waals surface area contributed by atoms with Gasteiger partial charge in [0.2, 0.25) is 0 Å². The highest BCUT2D eigenvalue weighted by atomic mass is 32.1. The van der Waals surface area contributed by atoms with E-state index in [1.807, 2.05) is 12.1 Å². The molecular weight excluding hydrogens is 629 g/mol. The molecule has 0 saturated heterocycles. The number of aromatic nitrogens is 2. The molecule has 0 aliphatic rings. The summed E-state index contributed by atoms with van der Waals surface area (Å²) in [5, 5.41) is 9.09. The Labute approximate surface area is 291 Å². The summed E-state index contributed by atoms with van der Waals surface area (Å²) in [5.74, 6) is 0.166. The van der Waals surface area contributed by atoms with E-state index in [1.54, 1.807) is 36.5 Å². The first-order valence-corrected chi connectivity index (χ1v) is 19.4. The molecule has 0 unspecified atom stereocenters. The van der Waals surface area contributed by atoms with Crippen molar-refractivity contribution in [1.82, 2.24) is 9.13 Å². The molecule has 0 aliphatic heterocycles. The summed E-state index contributed by atoms with van der Waals surface area (Å²) < 4.78 is 5.10. The first kappa shape index (κ1) is 32.5. The molecule has 0 atom stereocenters. The highest BCUT2D eigenvalue weighted by molar-refractivity contribution is 7.14. The number of unbranched alkanes of at least 4 members (excludes halogenated alkanes) is 6. The molecule has 0 radical (unpaired) electrons. The van der Waals surface area contributed by atoms with E-state index >= 15 is 0 Å². The van der Waals surface area contributed by atoms with Gasteiger partial charge in [-0.1, -0.05) is 64.5 Å². The maximum Gasteiger partial charge on any atom is 0.159 e. The lowest BCUT2D eigenvalue weighted by atomic mass is 9.94. The van der Waals surface area contributed by atoms with E-state index in [0.29, 0.717) is 0 Å². The van der Waals surface area contributed by atoms with Crippen molar-refractivity contribution in [3.63, 3.8) is 0 Å². The monoisotopic (exact) mass is 672 g/mol. The van der Waals surface area contributed by atoms with Crippen LogP contribution in [0.5, 0.6) is 0 Å². The van der Waals surface area contributed by atoms with Gasteiger partial charge in [0, 0.05) is 77.7 Å². The second-order valence-electron chi connectivity index (χ2n) is 13.2. The fourth-order valence-corrected chi connectivity index (χ4v) is 9.14. The van der Waals surface area contributed by atoms with Crippen LogP contribution < -0.4 is 0 Å². The highest BCUT2D eigenvalue weighted by Crippen LogP contribution is 2.52. The second kappa shape index (κ2) is 13.9. The molecule has 0 bridgehead atoms. The van der Waals surface area contributed by atoms with Gasteiger partial charge in [-0.05, 0) is 86.0 Å². The maximum absolute atomic E-state index is 12.9. The smallest absolute Gasteiger partial charge is 0.159 e. The van der Waals surface area contributed by atoms with Crippen LogP contribution in [-0.4, -0.2) is 20.7 Å². The molecule has 246 valence electrons. The fourth-order valence-electron chi connectivity index (χ4n) is 7.59. The average molecular weight is 673 g/mol. The van der Waals surface area contributed by atoms with E-state index in [2.05, 4.69) is 82.3 Å². The number of carbonyl (C=O) groups is 2. The minimum atomic E-state index is 0.0831. The molecule has 0 amide bonds. The third-order valence-corrected chi connectivity index (χ3v) is 11.7. The van der Waals surface area contributed by atoms with Gasteiger partial charge in [0.05, 0.1) is 11.0 Å². The SMILES string of the molecule is CCCCCCn1c2ccc(C(C)=O)cc2c2c(-c3cccs3)c3c(c(-c4cccs4)c21)c1cc(C(C)=O)ccc1n3CCCCCC. The molecule has 3 aromatic carbocycles. The van der Waals surface area contributed by atoms with Gasteiger partial charge in [-0.15, -0.1) is 22.7 Å². The molecule has 7 aromatic rings. The van der Waals surface area contributed by atoms with Crippen molar-refractivity contribution in [3.05, 3.63) is 82.6 Å². The molecule has 0 aliphatic carbocycles. The minimum absolute atomic E-state index is 0.0831. The summed E-state index contributed by atoms with van der Waals surface area (Å²) in [6, 6.07) is 21.5. The zero-order chi connectivity index (χ0) is 33.4. The van der Waals surface area contributed by atoms with Crippen LogP contribution in [0.15, 0.2) is 71.4 Å². The zero-order valence-corrected chi connectivity index (χ0v) is 30.2. The lowest BCUT2D eigenvalue weighted by Gasteiger charge is -2.17. The van der Waals surface area contributed by atoms with E-state index in [4.69, 9.17) is 0 Å². The molecule has 7 rings (SSSR count). The van der Waals surface area contributed by atoms with Crippen LogP contribution in [0.1, 0.15) is 99.8 Å². The molecule has 4 nitrogen and oxygen atoms in total. The number of hydrogen-bond acceptors (Lipinski definition) is 4. The molecule has 0 fully saturated rings. The Morgan fingerprint density at radius 1 is 0.583 bits per heavy atom. The number of benzene rings is 3. The van der Waals surface area contributed by atoms with Crippen LogP contribution in [0.25, 0.3) is 64.5 Å². The first-order chi connectivity index (χ1) is 23.4. The van der Waals surface area contributed by atoms with Gasteiger partial charge in [0.15, 0.2) is 11.6 Å². The summed E-state index contributed by atoms with van der Waals surface area (Å²) in [7, 11) is 0. The van der Waals surface area contributed by atoms with E-state index in [9.17, 15) is 9.59 Å². The Bertz CT molecular complexity index is 2100. The van der Waals surface area contributed by atoms with E-state index < -0.39 is 0 Å². The summed E-state index contributed by atoms with van der Waals surface area (Å²) in [6.07, 6.45) is 9.34. The number of fused-ring (bicyclic) bond motifs is 6. The van der Waals surface area contributed by atoms with Crippen LogP contribution in [-0.2, 0) is 13.1 Å². The minimum Gasteiger partial charge on any atom is -0.340 e. The fraction of sp³-hybridized carbons (Fsp3) is 0.333. The summed E-state index contributed by atoms with van der Waals surface area (Å²) in [5.41, 5.74) is 8.80. The van der Waals surface area contributed by atoms with Crippen LogP contribution in [0, 0.1) is 0 Å². The largest absolute Gasteiger partial charge is 0.340 e. The predicted molar refractivity (Wildman–Crippen MR) is 207 cm³/mol. The zero-order valence-electron chi connectivity index (χ0n) is 28.5. The summed E-state index contributed by atoms with van der Waals surface area (Å²) >= 11 is 3.56. The van der Waals surface area contributed by atoms with E-state index in [-0.39, 0.29) is 11.6 Å². The lowest BCUT2D eigenvalue weighted by Crippen LogP contribution is -2.02. The molecule has 0 spiro atoms. The van der Waals surface area contributed by atoms with Gasteiger partial charge in [-0.2, -0.15) is 0 Å². The van der Waals surface area contributed by atoms with Crippen LogP contribution in [0.4, 0.5) is 0 Å². The Balaban J connectivity index is 1.74. The predicted octanol–water partition coefficient (Wildman–Crippen LogP) is 12.9. The lowest BCUT2D eigenvalue weighted by molar-refractivity contribution is 0.100. The van der Waals surface area contributed by atoms with Crippen molar-refractivity contribution in [2.45, 2.75) is 92.2 Å². The quantitative estimate of drug-likeness (QED) is 0.0852. The summed E-state index contributed by atoms with van der Waals surface area (Å²) in [4.78, 5) is 28.2. The third-order valence-electron chi connectivity index (χ3n) is 9.92. The topological polar surface area (TPSA) is 44.0 Å². The highest BCUT2D eigenvalue weighted by Gasteiger charge is 2.29. The number of Topliss-reactive ketones (excluding diaryl/α,β-unsaturated/α-hetero) is 2. The number of thiophene rings is 2. The molecular formula is C42H44N2O2S2. The van der Waals surface area contributed by atoms with E-state index in [0.717, 1.165) is 47.8 Å². The van der Waals surface area contributed by atoms with Crippen molar-refractivity contribution in [2.24, 2.45) is 0 Å². The number of ketones is 2. The van der Waals surface area contributed by atoms with Crippen LogP contribution in [0.2, 0.25) is 0 Å². The number of nitrogens with zero attached hydrogens (tertiary/aromatic N) is 2. The van der Waals surface area contributed by atoms with Crippen LogP contribution >= 0.6 is 22.7 Å². The molecule has 0 saturated carbocycles. The van der Waals surface area contributed by atoms with Crippen molar-refractivity contribution >= 4 is 77.9 Å². The van der Waals surface area contributed by atoms with Gasteiger partial charge >= 0.3 is 0 Å². The van der Waals surface area contributed by atoms with Crippen molar-refractivity contribution in [3.8, 4) is 20.9 Å². The van der Waals surface area contributed by atoms with Crippen LogP contribution in [0.3, 0.4) is 0 Å². The molecule has 0 N–H and O–H groups in total. The molecule has 4 heterocycles. The second-order valence-corrected chi connectivity index (χ2v) is 15.0. The van der Waals surface area contributed by atoms with Gasteiger partial charge in [-0.3, -0.25) is 9.59 Å². The number of aryl methyl sites for hydroxylation is 2. The summed E-state index contributed by atoms with van der Waals surface area (Å²) in [6.45, 7) is 9.66. The average Bonchev–Trinajstić information content (AvgIpc) is 3.91. The molecule has 4 aromatic heterocycles. The third kappa shape index (κ3) is 5.63. The van der Waals surface area contributed by atoms with E-state index in [1.165, 1.54) is 92.2 Å².